The highest BCUT2D eigenvalue weighted by molar-refractivity contribution is 5.43. The highest BCUT2D eigenvalue weighted by atomic mass is 16.5. The molecule has 2 nitrogen and oxygen atoms in total. The molecule has 1 fully saturated rings. The van der Waals surface area contributed by atoms with Gasteiger partial charge >= 0.3 is 0 Å². The second-order valence-electron chi connectivity index (χ2n) is 6.86. The van der Waals surface area contributed by atoms with Gasteiger partial charge in [0.2, 0.25) is 0 Å². The Labute approximate surface area is 114 Å². The van der Waals surface area contributed by atoms with Crippen LogP contribution in [-0.2, 0) is 4.74 Å². The Morgan fingerprint density at radius 3 is 2.74 bits per heavy atom. The average Bonchev–Trinajstić information content (AvgIpc) is 2.51. The van der Waals surface area contributed by atoms with Crippen LogP contribution in [0.4, 0.5) is 0 Å². The molecule has 0 aromatic heterocycles. The molecular weight excluding hydrogens is 236 g/mol. The molecule has 4 rings (SSSR count). The van der Waals surface area contributed by atoms with Gasteiger partial charge in [-0.1, -0.05) is 24.3 Å². The van der Waals surface area contributed by atoms with Crippen molar-refractivity contribution < 1.29 is 9.47 Å². The molecular formula is C17H20O2. The van der Waals surface area contributed by atoms with E-state index in [1.54, 1.807) is 0 Å². The Balaban J connectivity index is 1.85. The van der Waals surface area contributed by atoms with Crippen LogP contribution in [-0.4, -0.2) is 11.7 Å². The predicted molar refractivity (Wildman–Crippen MR) is 74.2 cm³/mol. The fourth-order valence-corrected chi connectivity index (χ4v) is 4.26. The molecule has 2 aliphatic heterocycles. The predicted octanol–water partition coefficient (Wildman–Crippen LogP) is 4.02. The van der Waals surface area contributed by atoms with E-state index in [1.165, 1.54) is 11.1 Å². The topological polar surface area (TPSA) is 18.5 Å². The third kappa shape index (κ3) is 1.41. The number of hydrogen-bond donors (Lipinski definition) is 0. The van der Waals surface area contributed by atoms with E-state index in [9.17, 15) is 0 Å². The first-order valence-corrected chi connectivity index (χ1v) is 7.12. The van der Waals surface area contributed by atoms with Crippen LogP contribution in [0, 0.1) is 5.41 Å². The first kappa shape index (κ1) is 11.5. The van der Waals surface area contributed by atoms with Gasteiger partial charge in [0.05, 0.1) is 12.2 Å². The maximum atomic E-state index is 6.26. The molecule has 0 saturated carbocycles. The average molecular weight is 256 g/mol. The Bertz CT molecular complexity index is 572. The number of rotatable bonds is 0. The molecule has 3 unspecified atom stereocenters. The lowest BCUT2D eigenvalue weighted by atomic mass is 9.64. The zero-order valence-corrected chi connectivity index (χ0v) is 11.8. The van der Waals surface area contributed by atoms with Gasteiger partial charge in [0.25, 0.3) is 0 Å². The standard InChI is InChI=1S/C17H20O2/c1-11-8-9-17-10-16(2,3)19-13-7-5-4-6-12(13)15(17)18-14(11)17/h4-8,14-15H,9-10H2,1-3H3. The summed E-state index contributed by atoms with van der Waals surface area (Å²) in [5.74, 6) is 0.998. The van der Waals surface area contributed by atoms with Crippen molar-refractivity contribution in [3.05, 3.63) is 41.5 Å². The summed E-state index contributed by atoms with van der Waals surface area (Å²) in [6.07, 6.45) is 5.03. The minimum absolute atomic E-state index is 0.134. The van der Waals surface area contributed by atoms with Crippen LogP contribution in [0.1, 0.15) is 45.3 Å². The second kappa shape index (κ2) is 3.43. The van der Waals surface area contributed by atoms with Crippen molar-refractivity contribution >= 4 is 0 Å². The second-order valence-corrected chi connectivity index (χ2v) is 6.86. The zero-order valence-electron chi connectivity index (χ0n) is 11.8. The molecule has 1 saturated heterocycles. The van der Waals surface area contributed by atoms with E-state index in [0.29, 0.717) is 6.10 Å². The summed E-state index contributed by atoms with van der Waals surface area (Å²) in [6, 6.07) is 8.36. The fraction of sp³-hybridized carbons (Fsp3) is 0.529. The Morgan fingerprint density at radius 1 is 1.16 bits per heavy atom. The summed E-state index contributed by atoms with van der Waals surface area (Å²) in [6.45, 7) is 6.59. The molecule has 0 bridgehead atoms. The third-order valence-electron chi connectivity index (χ3n) is 4.88. The SMILES string of the molecule is CC1=CCC23CC(C)(C)Oc4ccccc4C2OC13. The van der Waals surface area contributed by atoms with E-state index in [2.05, 4.69) is 45.0 Å². The van der Waals surface area contributed by atoms with Gasteiger partial charge in [-0.3, -0.25) is 0 Å². The van der Waals surface area contributed by atoms with Crippen molar-refractivity contribution in [1.29, 1.82) is 0 Å². The molecule has 1 aromatic rings. The lowest BCUT2D eigenvalue weighted by Crippen LogP contribution is -2.54. The largest absolute Gasteiger partial charge is 0.487 e. The molecule has 3 atom stereocenters. The molecule has 1 spiro atoms. The number of ether oxygens (including phenoxy) is 2. The number of allylic oxidation sites excluding steroid dienone is 1. The van der Waals surface area contributed by atoms with E-state index in [4.69, 9.17) is 9.47 Å². The van der Waals surface area contributed by atoms with Crippen molar-refractivity contribution in [1.82, 2.24) is 0 Å². The maximum Gasteiger partial charge on any atom is 0.125 e. The molecule has 1 aliphatic carbocycles. The molecule has 2 heteroatoms. The van der Waals surface area contributed by atoms with Gasteiger partial charge in [-0.15, -0.1) is 0 Å². The van der Waals surface area contributed by atoms with Crippen LogP contribution in [0.25, 0.3) is 0 Å². The fourth-order valence-electron chi connectivity index (χ4n) is 4.26. The summed E-state index contributed by atoms with van der Waals surface area (Å²) in [7, 11) is 0. The van der Waals surface area contributed by atoms with Crippen molar-refractivity contribution in [3.8, 4) is 5.75 Å². The summed E-state index contributed by atoms with van der Waals surface area (Å²) in [4.78, 5) is 0. The minimum atomic E-state index is -0.134. The first-order valence-electron chi connectivity index (χ1n) is 7.12. The summed E-state index contributed by atoms with van der Waals surface area (Å²) in [5.41, 5.74) is 2.71. The molecule has 19 heavy (non-hydrogen) atoms. The third-order valence-corrected chi connectivity index (χ3v) is 4.88. The highest BCUT2D eigenvalue weighted by Gasteiger charge is 2.63. The first-order chi connectivity index (χ1) is 9.02. The van der Waals surface area contributed by atoms with E-state index in [-0.39, 0.29) is 17.1 Å². The smallest absolute Gasteiger partial charge is 0.125 e. The number of benzene rings is 1. The van der Waals surface area contributed by atoms with E-state index in [1.807, 2.05) is 6.07 Å². The molecule has 2 heterocycles. The molecule has 1 aromatic carbocycles. The van der Waals surface area contributed by atoms with Crippen molar-refractivity contribution in [2.45, 2.75) is 51.4 Å². The van der Waals surface area contributed by atoms with Crippen LogP contribution in [0.15, 0.2) is 35.9 Å². The Kier molecular flexibility index (Phi) is 2.08. The van der Waals surface area contributed by atoms with Gasteiger partial charge in [0, 0.05) is 11.0 Å². The molecule has 0 radical (unpaired) electrons. The van der Waals surface area contributed by atoms with Crippen molar-refractivity contribution in [2.75, 3.05) is 0 Å². The quantitative estimate of drug-likeness (QED) is 0.653. The Morgan fingerprint density at radius 2 is 1.95 bits per heavy atom. The van der Waals surface area contributed by atoms with Crippen molar-refractivity contribution in [2.24, 2.45) is 5.41 Å². The van der Waals surface area contributed by atoms with Gasteiger partial charge < -0.3 is 9.47 Å². The van der Waals surface area contributed by atoms with Crippen molar-refractivity contribution in [3.63, 3.8) is 0 Å². The van der Waals surface area contributed by atoms with Gasteiger partial charge in [0.15, 0.2) is 0 Å². The number of hydrogen-bond acceptors (Lipinski definition) is 2. The van der Waals surface area contributed by atoms with Gasteiger partial charge in [-0.05, 0) is 45.3 Å². The van der Waals surface area contributed by atoms with Crippen LogP contribution < -0.4 is 4.74 Å². The summed E-state index contributed by atoms with van der Waals surface area (Å²) < 4.78 is 12.5. The highest BCUT2D eigenvalue weighted by Crippen LogP contribution is 2.65. The van der Waals surface area contributed by atoms with Crippen LogP contribution in [0.5, 0.6) is 5.75 Å². The summed E-state index contributed by atoms with van der Waals surface area (Å²) in [5, 5.41) is 0. The molecule has 0 N–H and O–H groups in total. The Hall–Kier alpha value is -1.28. The van der Waals surface area contributed by atoms with Crippen LogP contribution in [0.3, 0.4) is 0 Å². The summed E-state index contributed by atoms with van der Waals surface area (Å²) >= 11 is 0. The van der Waals surface area contributed by atoms with E-state index >= 15 is 0 Å². The normalized spacial score (nSPS) is 37.9. The minimum Gasteiger partial charge on any atom is -0.487 e. The van der Waals surface area contributed by atoms with Gasteiger partial charge in [-0.25, -0.2) is 0 Å². The lowest BCUT2D eigenvalue weighted by molar-refractivity contribution is -0.239. The van der Waals surface area contributed by atoms with Crippen LogP contribution in [0.2, 0.25) is 0 Å². The van der Waals surface area contributed by atoms with Gasteiger partial charge in [0.1, 0.15) is 11.4 Å². The number of fused-ring (bicyclic) bond motifs is 2. The molecule has 3 aliphatic rings. The van der Waals surface area contributed by atoms with E-state index in [0.717, 1.165) is 18.6 Å². The van der Waals surface area contributed by atoms with Crippen LogP contribution >= 0.6 is 0 Å². The molecule has 100 valence electrons. The maximum absolute atomic E-state index is 6.26. The molecule has 0 amide bonds. The van der Waals surface area contributed by atoms with E-state index < -0.39 is 0 Å². The zero-order chi connectivity index (χ0) is 13.3. The lowest BCUT2D eigenvalue weighted by Gasteiger charge is -2.53. The monoisotopic (exact) mass is 256 g/mol. The van der Waals surface area contributed by atoms with Gasteiger partial charge in [-0.2, -0.15) is 0 Å². The number of para-hydroxylation sites is 1.